The van der Waals surface area contributed by atoms with E-state index in [1.54, 1.807) is 0 Å². The molecule has 0 aliphatic carbocycles. The SMILES string of the molecule is CC(C)c1ccccc1N1CCN(C)C(CO)C1. The minimum Gasteiger partial charge on any atom is -0.395 e. The molecule has 1 aromatic rings. The summed E-state index contributed by atoms with van der Waals surface area (Å²) in [5.74, 6) is 0.536. The second-order valence-electron chi connectivity index (χ2n) is 5.48. The number of anilines is 1. The third-order valence-corrected chi connectivity index (χ3v) is 3.89. The molecule has 1 aliphatic heterocycles. The first kappa shape index (κ1) is 13.4. The van der Waals surface area contributed by atoms with Crippen LogP contribution < -0.4 is 4.90 Å². The molecule has 0 radical (unpaired) electrons. The Morgan fingerprint density at radius 3 is 2.67 bits per heavy atom. The summed E-state index contributed by atoms with van der Waals surface area (Å²) in [6.45, 7) is 7.67. The highest BCUT2D eigenvalue weighted by atomic mass is 16.3. The van der Waals surface area contributed by atoms with Gasteiger partial charge in [-0.25, -0.2) is 0 Å². The average molecular weight is 248 g/mol. The lowest BCUT2D eigenvalue weighted by Crippen LogP contribution is -2.53. The molecule has 100 valence electrons. The third kappa shape index (κ3) is 2.68. The summed E-state index contributed by atoms with van der Waals surface area (Å²) in [6, 6.07) is 8.88. The molecule has 0 aromatic heterocycles. The Labute approximate surface area is 110 Å². The van der Waals surface area contributed by atoms with Crippen molar-refractivity contribution in [1.29, 1.82) is 0 Å². The number of para-hydroxylation sites is 1. The van der Waals surface area contributed by atoms with Crippen molar-refractivity contribution in [1.82, 2.24) is 4.90 Å². The smallest absolute Gasteiger partial charge is 0.0604 e. The largest absolute Gasteiger partial charge is 0.395 e. The molecule has 2 rings (SSSR count). The molecule has 0 bridgehead atoms. The van der Waals surface area contributed by atoms with Crippen LogP contribution in [0.3, 0.4) is 0 Å². The Morgan fingerprint density at radius 2 is 2.00 bits per heavy atom. The summed E-state index contributed by atoms with van der Waals surface area (Å²) in [7, 11) is 2.09. The van der Waals surface area contributed by atoms with Crippen LogP contribution in [0.25, 0.3) is 0 Å². The van der Waals surface area contributed by atoms with Gasteiger partial charge < -0.3 is 10.0 Å². The van der Waals surface area contributed by atoms with Crippen molar-refractivity contribution in [2.45, 2.75) is 25.8 Å². The summed E-state index contributed by atoms with van der Waals surface area (Å²) in [4.78, 5) is 4.66. The molecule has 1 aromatic carbocycles. The highest BCUT2D eigenvalue weighted by molar-refractivity contribution is 5.55. The lowest BCUT2D eigenvalue weighted by Gasteiger charge is -2.40. The van der Waals surface area contributed by atoms with E-state index >= 15 is 0 Å². The van der Waals surface area contributed by atoms with E-state index in [0.29, 0.717) is 5.92 Å². The molecular formula is C15H24N2O. The van der Waals surface area contributed by atoms with Crippen molar-refractivity contribution in [2.75, 3.05) is 38.2 Å². The lowest BCUT2D eigenvalue weighted by molar-refractivity contribution is 0.135. The average Bonchev–Trinajstić information content (AvgIpc) is 2.39. The van der Waals surface area contributed by atoms with Crippen LogP contribution in [0.1, 0.15) is 25.3 Å². The van der Waals surface area contributed by atoms with E-state index in [-0.39, 0.29) is 12.6 Å². The summed E-state index contributed by atoms with van der Waals surface area (Å²) >= 11 is 0. The van der Waals surface area contributed by atoms with Gasteiger partial charge in [0.1, 0.15) is 0 Å². The van der Waals surface area contributed by atoms with Gasteiger partial charge in [0.2, 0.25) is 0 Å². The zero-order chi connectivity index (χ0) is 13.1. The number of likely N-dealkylation sites (N-methyl/N-ethyl adjacent to an activating group) is 1. The molecule has 1 heterocycles. The predicted octanol–water partition coefficient (Wildman–Crippen LogP) is 1.92. The molecular weight excluding hydrogens is 224 g/mol. The van der Waals surface area contributed by atoms with Crippen molar-refractivity contribution in [3.8, 4) is 0 Å². The van der Waals surface area contributed by atoms with Crippen molar-refractivity contribution in [3.63, 3.8) is 0 Å². The van der Waals surface area contributed by atoms with Crippen LogP contribution in [0.5, 0.6) is 0 Å². The van der Waals surface area contributed by atoms with Crippen LogP contribution >= 0.6 is 0 Å². The highest BCUT2D eigenvalue weighted by Crippen LogP contribution is 2.28. The van der Waals surface area contributed by atoms with Crippen LogP contribution in [0, 0.1) is 0 Å². The second-order valence-corrected chi connectivity index (χ2v) is 5.48. The second kappa shape index (κ2) is 5.72. The first-order valence-electron chi connectivity index (χ1n) is 6.78. The van der Waals surface area contributed by atoms with Crippen molar-refractivity contribution in [3.05, 3.63) is 29.8 Å². The fraction of sp³-hybridized carbons (Fsp3) is 0.600. The van der Waals surface area contributed by atoms with Gasteiger partial charge in [0.15, 0.2) is 0 Å². The predicted molar refractivity (Wildman–Crippen MR) is 76.2 cm³/mol. The molecule has 1 saturated heterocycles. The van der Waals surface area contributed by atoms with Crippen LogP contribution in [-0.4, -0.2) is 49.3 Å². The van der Waals surface area contributed by atoms with E-state index in [0.717, 1.165) is 19.6 Å². The number of benzene rings is 1. The Morgan fingerprint density at radius 1 is 1.28 bits per heavy atom. The summed E-state index contributed by atoms with van der Waals surface area (Å²) < 4.78 is 0. The summed E-state index contributed by atoms with van der Waals surface area (Å²) in [5.41, 5.74) is 2.73. The summed E-state index contributed by atoms with van der Waals surface area (Å²) in [6.07, 6.45) is 0. The number of nitrogens with zero attached hydrogens (tertiary/aromatic N) is 2. The minimum atomic E-state index is 0.233. The van der Waals surface area contributed by atoms with E-state index in [2.05, 4.69) is 55.0 Å². The van der Waals surface area contributed by atoms with E-state index in [4.69, 9.17) is 0 Å². The fourth-order valence-electron chi connectivity index (χ4n) is 2.63. The van der Waals surface area contributed by atoms with Gasteiger partial charge in [0.05, 0.1) is 12.6 Å². The number of hydrogen-bond donors (Lipinski definition) is 1. The number of aliphatic hydroxyl groups is 1. The maximum Gasteiger partial charge on any atom is 0.0604 e. The molecule has 0 saturated carbocycles. The van der Waals surface area contributed by atoms with Crippen LogP contribution in [0.15, 0.2) is 24.3 Å². The quantitative estimate of drug-likeness (QED) is 0.885. The normalized spacial score (nSPS) is 21.6. The minimum absolute atomic E-state index is 0.233. The zero-order valence-corrected chi connectivity index (χ0v) is 11.6. The third-order valence-electron chi connectivity index (χ3n) is 3.89. The standard InChI is InChI=1S/C15H24N2O/c1-12(2)14-6-4-5-7-15(14)17-9-8-16(3)13(10-17)11-18/h4-7,12-13,18H,8-11H2,1-3H3. The van der Waals surface area contributed by atoms with E-state index < -0.39 is 0 Å². The monoisotopic (exact) mass is 248 g/mol. The van der Waals surface area contributed by atoms with E-state index in [1.165, 1.54) is 11.3 Å². The maximum atomic E-state index is 9.44. The first-order valence-corrected chi connectivity index (χ1v) is 6.78. The number of piperazine rings is 1. The Hall–Kier alpha value is -1.06. The van der Waals surface area contributed by atoms with Crippen molar-refractivity contribution in [2.24, 2.45) is 0 Å². The summed E-state index contributed by atoms with van der Waals surface area (Å²) in [5, 5.41) is 9.44. The topological polar surface area (TPSA) is 26.7 Å². The molecule has 1 aliphatic rings. The molecule has 1 atom stereocenters. The van der Waals surface area contributed by atoms with Gasteiger partial charge in [-0.1, -0.05) is 32.0 Å². The number of hydrogen-bond acceptors (Lipinski definition) is 3. The molecule has 3 heteroatoms. The number of rotatable bonds is 3. The Balaban J connectivity index is 2.21. The van der Waals surface area contributed by atoms with Gasteiger partial charge in [-0.2, -0.15) is 0 Å². The molecule has 1 fully saturated rings. The fourth-order valence-corrected chi connectivity index (χ4v) is 2.63. The van der Waals surface area contributed by atoms with Gasteiger partial charge in [0, 0.05) is 25.3 Å². The highest BCUT2D eigenvalue weighted by Gasteiger charge is 2.25. The van der Waals surface area contributed by atoms with Crippen LogP contribution in [0.2, 0.25) is 0 Å². The van der Waals surface area contributed by atoms with E-state index in [9.17, 15) is 5.11 Å². The van der Waals surface area contributed by atoms with Crippen LogP contribution in [0.4, 0.5) is 5.69 Å². The molecule has 3 nitrogen and oxygen atoms in total. The van der Waals surface area contributed by atoms with Gasteiger partial charge in [-0.05, 0) is 24.6 Å². The van der Waals surface area contributed by atoms with Crippen molar-refractivity contribution < 1.29 is 5.11 Å². The van der Waals surface area contributed by atoms with Crippen molar-refractivity contribution >= 4 is 5.69 Å². The molecule has 1 unspecified atom stereocenters. The Kier molecular flexibility index (Phi) is 4.25. The molecule has 18 heavy (non-hydrogen) atoms. The first-order chi connectivity index (χ1) is 8.63. The van der Waals surface area contributed by atoms with Gasteiger partial charge in [-0.15, -0.1) is 0 Å². The molecule has 0 amide bonds. The molecule has 1 N–H and O–H groups in total. The van der Waals surface area contributed by atoms with E-state index in [1.807, 2.05) is 0 Å². The Bertz CT molecular complexity index is 392. The number of aliphatic hydroxyl groups excluding tert-OH is 1. The maximum absolute atomic E-state index is 9.44. The van der Waals surface area contributed by atoms with Gasteiger partial charge >= 0.3 is 0 Å². The van der Waals surface area contributed by atoms with Crippen LogP contribution in [-0.2, 0) is 0 Å². The zero-order valence-electron chi connectivity index (χ0n) is 11.6. The molecule has 0 spiro atoms. The van der Waals surface area contributed by atoms with Gasteiger partial charge in [-0.3, -0.25) is 4.90 Å². The lowest BCUT2D eigenvalue weighted by atomic mass is 9.99. The van der Waals surface area contributed by atoms with Gasteiger partial charge in [0.25, 0.3) is 0 Å².